The lowest BCUT2D eigenvalue weighted by atomic mass is 10.3. The molecule has 8 nitrogen and oxygen atoms in total. The standard InChI is InChI=1S/C9H11N3O5S/c1-18(16,17)11(6-9(10)13)7-2-4-8(5-3-7)12(14)15/h2-5H,6H2,1H3,(H2,10,13). The SMILES string of the molecule is CS(=O)(=O)N(CC(N)=O)c1ccc([N+](=O)[O-])cc1. The van der Waals surface area contributed by atoms with E-state index in [0.717, 1.165) is 22.7 Å². The van der Waals surface area contributed by atoms with Crippen LogP contribution in [0, 0.1) is 10.1 Å². The molecule has 0 radical (unpaired) electrons. The van der Waals surface area contributed by atoms with Crippen molar-refractivity contribution in [2.45, 2.75) is 0 Å². The van der Waals surface area contributed by atoms with E-state index in [1.807, 2.05) is 0 Å². The van der Waals surface area contributed by atoms with Crippen molar-refractivity contribution in [1.82, 2.24) is 0 Å². The molecule has 0 aliphatic carbocycles. The Morgan fingerprint density at radius 3 is 2.22 bits per heavy atom. The van der Waals surface area contributed by atoms with Crippen molar-refractivity contribution >= 4 is 27.3 Å². The number of benzene rings is 1. The number of nitro benzene ring substituents is 1. The second kappa shape index (κ2) is 5.00. The molecule has 0 saturated carbocycles. The van der Waals surface area contributed by atoms with E-state index in [4.69, 9.17) is 5.73 Å². The fourth-order valence-corrected chi connectivity index (χ4v) is 2.15. The van der Waals surface area contributed by atoms with Crippen LogP contribution >= 0.6 is 0 Å². The van der Waals surface area contributed by atoms with E-state index < -0.39 is 27.4 Å². The molecule has 0 fully saturated rings. The maximum atomic E-state index is 11.5. The van der Waals surface area contributed by atoms with Crippen molar-refractivity contribution in [2.75, 3.05) is 17.1 Å². The normalized spacial score (nSPS) is 10.9. The molecule has 0 bridgehead atoms. The lowest BCUT2D eigenvalue weighted by Gasteiger charge is -2.20. The van der Waals surface area contributed by atoms with E-state index in [-0.39, 0.29) is 11.4 Å². The van der Waals surface area contributed by atoms with Gasteiger partial charge in [-0.3, -0.25) is 19.2 Å². The number of carbonyl (C=O) groups is 1. The van der Waals surface area contributed by atoms with Crippen LogP contribution in [0.4, 0.5) is 11.4 Å². The molecular formula is C9H11N3O5S. The van der Waals surface area contributed by atoms with Gasteiger partial charge >= 0.3 is 0 Å². The summed E-state index contributed by atoms with van der Waals surface area (Å²) in [5.74, 6) is -0.821. The fourth-order valence-electron chi connectivity index (χ4n) is 1.28. The van der Waals surface area contributed by atoms with E-state index >= 15 is 0 Å². The Morgan fingerprint density at radius 1 is 1.39 bits per heavy atom. The number of carbonyl (C=O) groups excluding carboxylic acids is 1. The van der Waals surface area contributed by atoms with E-state index in [0.29, 0.717) is 0 Å². The highest BCUT2D eigenvalue weighted by atomic mass is 32.2. The molecule has 1 aromatic carbocycles. The number of hydrogen-bond acceptors (Lipinski definition) is 5. The first-order chi connectivity index (χ1) is 8.21. The van der Waals surface area contributed by atoms with E-state index in [1.165, 1.54) is 12.1 Å². The number of primary amides is 1. The van der Waals surface area contributed by atoms with Crippen LogP contribution in [0.5, 0.6) is 0 Å². The first-order valence-corrected chi connectivity index (χ1v) is 6.57. The van der Waals surface area contributed by atoms with E-state index in [1.54, 1.807) is 0 Å². The quantitative estimate of drug-likeness (QED) is 0.590. The molecule has 9 heteroatoms. The Balaban J connectivity index is 3.14. The Labute approximate surface area is 103 Å². The van der Waals surface area contributed by atoms with Gasteiger partial charge < -0.3 is 5.73 Å². The van der Waals surface area contributed by atoms with Crippen LogP contribution in [-0.2, 0) is 14.8 Å². The van der Waals surface area contributed by atoms with Crippen molar-refractivity contribution in [3.63, 3.8) is 0 Å². The highest BCUT2D eigenvalue weighted by Gasteiger charge is 2.20. The van der Waals surface area contributed by atoms with Crippen LogP contribution in [0.1, 0.15) is 0 Å². The van der Waals surface area contributed by atoms with Crippen LogP contribution < -0.4 is 10.0 Å². The molecule has 0 spiro atoms. The maximum Gasteiger partial charge on any atom is 0.269 e. The fraction of sp³-hybridized carbons (Fsp3) is 0.222. The zero-order chi connectivity index (χ0) is 13.9. The van der Waals surface area contributed by atoms with Gasteiger partial charge in [-0.1, -0.05) is 0 Å². The minimum Gasteiger partial charge on any atom is -0.368 e. The average molecular weight is 273 g/mol. The summed E-state index contributed by atoms with van der Waals surface area (Å²) in [5, 5.41) is 10.5. The number of hydrogen-bond donors (Lipinski definition) is 1. The molecular weight excluding hydrogens is 262 g/mol. The van der Waals surface area contributed by atoms with Crippen LogP contribution in [0.3, 0.4) is 0 Å². The lowest BCUT2D eigenvalue weighted by Crippen LogP contribution is -2.37. The predicted octanol–water partition coefficient (Wildman–Crippen LogP) is -0.154. The number of non-ortho nitro benzene ring substituents is 1. The minimum absolute atomic E-state index is 0.141. The molecule has 1 rings (SSSR count). The van der Waals surface area contributed by atoms with Crippen LogP contribution in [0.25, 0.3) is 0 Å². The van der Waals surface area contributed by atoms with Crippen LogP contribution in [0.2, 0.25) is 0 Å². The van der Waals surface area contributed by atoms with Gasteiger partial charge in [0, 0.05) is 12.1 Å². The lowest BCUT2D eigenvalue weighted by molar-refractivity contribution is -0.384. The molecule has 0 saturated heterocycles. The Kier molecular flexibility index (Phi) is 3.86. The van der Waals surface area contributed by atoms with Crippen molar-refractivity contribution in [3.05, 3.63) is 34.4 Å². The predicted molar refractivity (Wildman–Crippen MR) is 64.5 cm³/mol. The van der Waals surface area contributed by atoms with Gasteiger partial charge in [-0.05, 0) is 12.1 Å². The number of anilines is 1. The molecule has 0 aliphatic rings. The van der Waals surface area contributed by atoms with E-state index in [9.17, 15) is 23.3 Å². The zero-order valence-corrected chi connectivity index (χ0v) is 10.3. The monoisotopic (exact) mass is 273 g/mol. The topological polar surface area (TPSA) is 124 Å². The van der Waals surface area contributed by atoms with Crippen LogP contribution in [-0.4, -0.2) is 32.0 Å². The zero-order valence-electron chi connectivity index (χ0n) is 9.44. The summed E-state index contributed by atoms with van der Waals surface area (Å²) in [6.07, 6.45) is 0.914. The van der Waals surface area contributed by atoms with Crippen molar-refractivity contribution in [2.24, 2.45) is 5.73 Å². The number of amides is 1. The molecule has 18 heavy (non-hydrogen) atoms. The highest BCUT2D eigenvalue weighted by Crippen LogP contribution is 2.21. The summed E-state index contributed by atoms with van der Waals surface area (Å²) in [6.45, 7) is -0.517. The van der Waals surface area contributed by atoms with Gasteiger partial charge in [0.25, 0.3) is 5.69 Å². The summed E-state index contributed by atoms with van der Waals surface area (Å²) >= 11 is 0. The third-order valence-electron chi connectivity index (χ3n) is 2.05. The number of sulfonamides is 1. The smallest absolute Gasteiger partial charge is 0.269 e. The van der Waals surface area contributed by atoms with Crippen molar-refractivity contribution in [3.8, 4) is 0 Å². The first kappa shape index (κ1) is 13.9. The molecule has 0 atom stereocenters. The van der Waals surface area contributed by atoms with Gasteiger partial charge in [0.15, 0.2) is 0 Å². The Bertz CT molecular complexity index is 566. The number of nitrogens with zero attached hydrogens (tertiary/aromatic N) is 2. The van der Waals surface area contributed by atoms with Gasteiger partial charge in [-0.2, -0.15) is 0 Å². The second-order valence-corrected chi connectivity index (χ2v) is 5.42. The van der Waals surface area contributed by atoms with Gasteiger partial charge in [0.1, 0.15) is 6.54 Å². The third kappa shape index (κ3) is 3.42. The molecule has 2 N–H and O–H groups in total. The average Bonchev–Trinajstić information content (AvgIpc) is 2.24. The van der Waals surface area contributed by atoms with Gasteiger partial charge in [-0.25, -0.2) is 8.42 Å². The molecule has 0 aromatic heterocycles. The molecule has 0 heterocycles. The summed E-state index contributed by atoms with van der Waals surface area (Å²) in [5.41, 5.74) is 4.92. The van der Waals surface area contributed by atoms with Crippen LogP contribution in [0.15, 0.2) is 24.3 Å². The molecule has 1 aromatic rings. The summed E-state index contributed by atoms with van der Waals surface area (Å²) < 4.78 is 23.7. The van der Waals surface area contributed by atoms with Gasteiger partial charge in [0.05, 0.1) is 16.9 Å². The minimum atomic E-state index is -3.68. The molecule has 1 amide bonds. The third-order valence-corrected chi connectivity index (χ3v) is 3.19. The van der Waals surface area contributed by atoms with Gasteiger partial charge in [-0.15, -0.1) is 0 Å². The second-order valence-electron chi connectivity index (χ2n) is 3.51. The Hall–Kier alpha value is -2.16. The summed E-state index contributed by atoms with van der Waals surface area (Å²) in [4.78, 5) is 20.7. The summed E-state index contributed by atoms with van der Waals surface area (Å²) in [6, 6.07) is 4.77. The number of nitrogens with two attached hydrogens (primary N) is 1. The van der Waals surface area contributed by atoms with Crippen molar-refractivity contribution < 1.29 is 18.1 Å². The van der Waals surface area contributed by atoms with E-state index in [2.05, 4.69) is 0 Å². The summed E-state index contributed by atoms with van der Waals surface area (Å²) in [7, 11) is -3.68. The molecule has 0 unspecified atom stereocenters. The molecule has 0 aliphatic heterocycles. The maximum absolute atomic E-state index is 11.5. The highest BCUT2D eigenvalue weighted by molar-refractivity contribution is 7.92. The largest absolute Gasteiger partial charge is 0.368 e. The molecule has 98 valence electrons. The van der Waals surface area contributed by atoms with Gasteiger partial charge in [0.2, 0.25) is 15.9 Å². The number of rotatable bonds is 5. The Morgan fingerprint density at radius 2 is 1.89 bits per heavy atom. The van der Waals surface area contributed by atoms with Crippen molar-refractivity contribution in [1.29, 1.82) is 0 Å². The number of nitro groups is 1. The first-order valence-electron chi connectivity index (χ1n) is 4.72.